The van der Waals surface area contributed by atoms with Gasteiger partial charge < -0.3 is 4.74 Å². The number of nitrogens with zero attached hydrogens (tertiary/aromatic N) is 3. The van der Waals surface area contributed by atoms with Crippen molar-refractivity contribution in [2.45, 2.75) is 23.9 Å². The molecule has 108 valence electrons. The van der Waals surface area contributed by atoms with Crippen LogP contribution in [0.5, 0.6) is 0 Å². The third-order valence-corrected chi connectivity index (χ3v) is 4.85. The predicted octanol–water partition coefficient (Wildman–Crippen LogP) is 3.41. The average molecular weight is 299 g/mol. The summed E-state index contributed by atoms with van der Waals surface area (Å²) in [5.74, 6) is 1.64. The van der Waals surface area contributed by atoms with Crippen molar-refractivity contribution in [3.05, 3.63) is 48.9 Å². The van der Waals surface area contributed by atoms with Gasteiger partial charge in [0.05, 0.1) is 17.8 Å². The van der Waals surface area contributed by atoms with E-state index in [4.69, 9.17) is 4.74 Å². The molecule has 0 radical (unpaired) electrons. The lowest BCUT2D eigenvalue weighted by molar-refractivity contribution is 0.199. The summed E-state index contributed by atoms with van der Waals surface area (Å²) in [6.45, 7) is 2.75. The fourth-order valence-electron chi connectivity index (χ4n) is 3.08. The Kier molecular flexibility index (Phi) is 3.05. The van der Waals surface area contributed by atoms with Gasteiger partial charge in [0.1, 0.15) is 10.6 Å². The van der Waals surface area contributed by atoms with Gasteiger partial charge >= 0.3 is 0 Å². The molecule has 5 heteroatoms. The van der Waals surface area contributed by atoms with E-state index in [2.05, 4.69) is 57.1 Å². The van der Waals surface area contributed by atoms with Gasteiger partial charge in [0, 0.05) is 12.8 Å². The maximum absolute atomic E-state index is 5.47. The summed E-state index contributed by atoms with van der Waals surface area (Å²) in [5, 5.41) is 1.13. The van der Waals surface area contributed by atoms with Crippen molar-refractivity contribution >= 4 is 23.4 Å². The van der Waals surface area contributed by atoms with Crippen molar-refractivity contribution in [1.29, 1.82) is 0 Å². The molecule has 0 bridgehead atoms. The third kappa shape index (κ3) is 1.77. The van der Waals surface area contributed by atoms with E-state index in [0.29, 0.717) is 5.94 Å². The second-order valence-corrected chi connectivity index (χ2v) is 6.05. The van der Waals surface area contributed by atoms with Crippen LogP contribution in [0.3, 0.4) is 0 Å². The highest BCUT2D eigenvalue weighted by molar-refractivity contribution is 7.99. The summed E-state index contributed by atoms with van der Waals surface area (Å²) < 4.78 is 7.72. The summed E-state index contributed by atoms with van der Waals surface area (Å²) in [6, 6.07) is 0. The van der Waals surface area contributed by atoms with Crippen LogP contribution >= 0.6 is 11.8 Å². The van der Waals surface area contributed by atoms with Crippen molar-refractivity contribution in [3.8, 4) is 0 Å². The van der Waals surface area contributed by atoms with Crippen molar-refractivity contribution in [2.75, 3.05) is 17.4 Å². The van der Waals surface area contributed by atoms with Crippen molar-refractivity contribution < 1.29 is 4.74 Å². The number of hydrogen-bond acceptors (Lipinski definition) is 4. The lowest BCUT2D eigenvalue weighted by Gasteiger charge is -2.35. The van der Waals surface area contributed by atoms with Crippen LogP contribution in [0.15, 0.2) is 53.9 Å². The Morgan fingerprint density at radius 1 is 1.38 bits per heavy atom. The molecule has 0 aromatic carbocycles. The Morgan fingerprint density at radius 2 is 2.33 bits per heavy atom. The largest absolute Gasteiger partial charge is 0.371 e. The zero-order valence-electron chi connectivity index (χ0n) is 11.9. The molecule has 0 saturated carbocycles. The normalized spacial score (nSPS) is 24.8. The average Bonchev–Trinajstić information content (AvgIpc) is 3.04. The predicted molar refractivity (Wildman–Crippen MR) is 86.1 cm³/mol. The van der Waals surface area contributed by atoms with E-state index in [1.54, 1.807) is 11.8 Å². The molecule has 4 rings (SSSR count). The highest BCUT2D eigenvalue weighted by atomic mass is 32.2. The molecule has 0 N–H and O–H groups in total. The monoisotopic (exact) mass is 299 g/mol. The maximum Gasteiger partial charge on any atom is 0.216 e. The first-order valence-electron chi connectivity index (χ1n) is 7.19. The topological polar surface area (TPSA) is 30.3 Å². The number of imidazole rings is 1. The van der Waals surface area contributed by atoms with Gasteiger partial charge in [-0.2, -0.15) is 0 Å². The summed E-state index contributed by atoms with van der Waals surface area (Å²) in [4.78, 5) is 6.87. The Hall–Kier alpha value is -1.72. The van der Waals surface area contributed by atoms with Crippen LogP contribution in [0.4, 0.5) is 5.95 Å². The molecule has 1 atom stereocenters. The van der Waals surface area contributed by atoms with Crippen LogP contribution in [0.1, 0.15) is 13.3 Å². The fraction of sp³-hybridized carbons (Fsp3) is 0.312. The van der Waals surface area contributed by atoms with E-state index in [0.717, 1.165) is 24.0 Å². The number of allylic oxidation sites excluding steroid dienone is 4. The smallest absolute Gasteiger partial charge is 0.216 e. The summed E-state index contributed by atoms with van der Waals surface area (Å²) in [5.41, 5.74) is 1.08. The second-order valence-electron chi connectivity index (χ2n) is 5.11. The Morgan fingerprint density at radius 3 is 3.24 bits per heavy atom. The van der Waals surface area contributed by atoms with Crippen LogP contribution in [0.25, 0.3) is 5.70 Å². The molecule has 3 heterocycles. The minimum atomic E-state index is -0.197. The zero-order chi connectivity index (χ0) is 14.3. The van der Waals surface area contributed by atoms with Gasteiger partial charge in [0.2, 0.25) is 5.95 Å². The lowest BCUT2D eigenvalue weighted by Crippen LogP contribution is -2.41. The summed E-state index contributed by atoms with van der Waals surface area (Å²) in [7, 11) is 0. The molecule has 4 nitrogen and oxygen atoms in total. The number of fused-ring (bicyclic) bond motifs is 3. The molecule has 0 amide bonds. The van der Waals surface area contributed by atoms with Crippen molar-refractivity contribution in [3.63, 3.8) is 0 Å². The molecular weight excluding hydrogens is 282 g/mol. The van der Waals surface area contributed by atoms with Gasteiger partial charge in [-0.1, -0.05) is 36.1 Å². The van der Waals surface area contributed by atoms with E-state index in [9.17, 15) is 0 Å². The highest BCUT2D eigenvalue weighted by Crippen LogP contribution is 2.48. The minimum absolute atomic E-state index is 0.197. The SMILES string of the molecule is CCOCSc1cnc2n1C1=CCC=CC13C=CC=CN23. The molecule has 2 aliphatic heterocycles. The van der Waals surface area contributed by atoms with Gasteiger partial charge in [-0.05, 0) is 25.5 Å². The van der Waals surface area contributed by atoms with E-state index in [1.165, 1.54) is 5.70 Å². The first kappa shape index (κ1) is 13.0. The molecule has 21 heavy (non-hydrogen) atoms. The molecule has 0 saturated heterocycles. The zero-order valence-corrected chi connectivity index (χ0v) is 12.7. The van der Waals surface area contributed by atoms with Crippen molar-refractivity contribution in [2.24, 2.45) is 0 Å². The maximum atomic E-state index is 5.47. The van der Waals surface area contributed by atoms with Gasteiger partial charge in [-0.25, -0.2) is 4.98 Å². The van der Waals surface area contributed by atoms with E-state index >= 15 is 0 Å². The van der Waals surface area contributed by atoms with Crippen LogP contribution in [0, 0.1) is 0 Å². The number of aromatic nitrogens is 2. The number of thioether (sulfide) groups is 1. The van der Waals surface area contributed by atoms with Gasteiger partial charge in [0.15, 0.2) is 0 Å². The Labute approximate surface area is 128 Å². The van der Waals surface area contributed by atoms with Crippen LogP contribution in [-0.4, -0.2) is 27.6 Å². The van der Waals surface area contributed by atoms with Gasteiger partial charge in [-0.15, -0.1) is 0 Å². The molecule has 1 spiro atoms. The molecule has 1 unspecified atom stereocenters. The summed E-state index contributed by atoms with van der Waals surface area (Å²) in [6.07, 6.45) is 18.2. The standard InChI is InChI=1S/C16H17N3OS/c1-2-20-12-21-14-11-17-15-18-10-6-5-9-16(18)8-4-3-7-13(16)19(14)15/h4-11H,2-3,12H2,1H3. The Balaban J connectivity index is 1.78. The number of anilines is 1. The molecular formula is C16H17N3OS. The summed E-state index contributed by atoms with van der Waals surface area (Å²) >= 11 is 1.69. The van der Waals surface area contributed by atoms with E-state index in [-0.39, 0.29) is 5.54 Å². The first-order chi connectivity index (χ1) is 10.4. The third-order valence-electron chi connectivity index (χ3n) is 3.99. The van der Waals surface area contributed by atoms with Gasteiger partial charge in [-0.3, -0.25) is 9.47 Å². The number of hydrogen-bond donors (Lipinski definition) is 0. The number of rotatable bonds is 4. The van der Waals surface area contributed by atoms with E-state index in [1.807, 2.05) is 13.1 Å². The molecule has 0 fully saturated rings. The van der Waals surface area contributed by atoms with Crippen LogP contribution < -0.4 is 4.90 Å². The van der Waals surface area contributed by atoms with Gasteiger partial charge in [0.25, 0.3) is 0 Å². The number of ether oxygens (including phenoxy) is 1. The lowest BCUT2D eigenvalue weighted by atomic mass is 9.88. The Bertz CT molecular complexity index is 686. The minimum Gasteiger partial charge on any atom is -0.371 e. The van der Waals surface area contributed by atoms with Crippen molar-refractivity contribution in [1.82, 2.24) is 9.55 Å². The highest BCUT2D eigenvalue weighted by Gasteiger charge is 2.47. The van der Waals surface area contributed by atoms with E-state index < -0.39 is 0 Å². The molecule has 3 aliphatic rings. The fourth-order valence-corrected chi connectivity index (χ4v) is 3.88. The first-order valence-corrected chi connectivity index (χ1v) is 8.18. The van der Waals surface area contributed by atoms with Crippen LogP contribution in [-0.2, 0) is 4.74 Å². The quantitative estimate of drug-likeness (QED) is 0.369. The molecule has 1 aromatic rings. The second kappa shape index (κ2) is 4.93. The van der Waals surface area contributed by atoms with Crippen LogP contribution in [0.2, 0.25) is 0 Å². The molecule has 1 aromatic heterocycles. The molecule has 1 aliphatic carbocycles.